The molecular formula is C20H37NO6. The number of unbranched alkanes of at least 4 members (excludes halogenated alkanes) is 4. The number of alkyl carbamates (subject to hydrolysis) is 1. The fourth-order valence-electron chi connectivity index (χ4n) is 2.01. The van der Waals surface area contributed by atoms with Crippen molar-refractivity contribution in [2.24, 2.45) is 5.41 Å². The van der Waals surface area contributed by atoms with Crippen molar-refractivity contribution in [3.63, 3.8) is 0 Å². The van der Waals surface area contributed by atoms with Crippen molar-refractivity contribution in [2.75, 3.05) is 26.4 Å². The van der Waals surface area contributed by atoms with Crippen molar-refractivity contribution in [2.45, 2.75) is 79.1 Å². The van der Waals surface area contributed by atoms with Gasteiger partial charge in [-0.2, -0.15) is 0 Å². The third-order valence-electron chi connectivity index (χ3n) is 4.31. The molecule has 7 nitrogen and oxygen atoms in total. The largest absolute Gasteiger partial charge is 0.466 e. The lowest BCUT2D eigenvalue weighted by molar-refractivity contribution is -0.154. The van der Waals surface area contributed by atoms with E-state index in [2.05, 4.69) is 12.2 Å². The Morgan fingerprint density at radius 1 is 0.815 bits per heavy atom. The number of esters is 2. The van der Waals surface area contributed by atoms with Crippen molar-refractivity contribution < 1.29 is 28.6 Å². The van der Waals surface area contributed by atoms with Gasteiger partial charge in [0.15, 0.2) is 0 Å². The van der Waals surface area contributed by atoms with Crippen LogP contribution in [0.15, 0.2) is 0 Å². The van der Waals surface area contributed by atoms with Gasteiger partial charge in [-0.25, -0.2) is 4.79 Å². The van der Waals surface area contributed by atoms with Crippen LogP contribution < -0.4 is 5.32 Å². The lowest BCUT2D eigenvalue weighted by Gasteiger charge is -2.20. The van der Waals surface area contributed by atoms with Gasteiger partial charge >= 0.3 is 18.0 Å². The Bertz CT molecular complexity index is 436. The smallest absolute Gasteiger partial charge is 0.407 e. The summed E-state index contributed by atoms with van der Waals surface area (Å²) >= 11 is 0. The van der Waals surface area contributed by atoms with E-state index in [-0.39, 0.29) is 25.1 Å². The molecule has 27 heavy (non-hydrogen) atoms. The monoisotopic (exact) mass is 387 g/mol. The predicted octanol–water partition coefficient (Wildman–Crippen LogP) is 3.99. The van der Waals surface area contributed by atoms with E-state index >= 15 is 0 Å². The van der Waals surface area contributed by atoms with Gasteiger partial charge in [-0.05, 0) is 46.0 Å². The van der Waals surface area contributed by atoms with Gasteiger partial charge in [0.2, 0.25) is 0 Å². The topological polar surface area (TPSA) is 90.9 Å². The third-order valence-corrected chi connectivity index (χ3v) is 4.31. The minimum Gasteiger partial charge on any atom is -0.466 e. The van der Waals surface area contributed by atoms with Gasteiger partial charge in [0, 0.05) is 6.42 Å². The molecule has 0 rings (SSSR count). The van der Waals surface area contributed by atoms with Crippen molar-refractivity contribution in [1.29, 1.82) is 0 Å². The van der Waals surface area contributed by atoms with E-state index in [0.29, 0.717) is 32.5 Å². The molecule has 0 radical (unpaired) electrons. The van der Waals surface area contributed by atoms with Crippen LogP contribution in [-0.4, -0.2) is 44.4 Å². The number of nitrogens with one attached hydrogen (secondary N) is 1. The maximum atomic E-state index is 11.7. The van der Waals surface area contributed by atoms with Crippen LogP contribution in [0.25, 0.3) is 0 Å². The summed E-state index contributed by atoms with van der Waals surface area (Å²) in [6.07, 6.45) is 5.96. The van der Waals surface area contributed by atoms with Crippen molar-refractivity contribution in [3.8, 4) is 0 Å². The molecule has 0 saturated heterocycles. The number of carbonyl (C=O) groups is 3. The Morgan fingerprint density at radius 2 is 1.48 bits per heavy atom. The number of carbonyl (C=O) groups excluding carboxylic acids is 3. The lowest BCUT2D eigenvalue weighted by Crippen LogP contribution is -2.32. The molecule has 0 saturated carbocycles. The normalized spacial score (nSPS) is 11.0. The summed E-state index contributed by atoms with van der Waals surface area (Å²) < 4.78 is 15.3. The molecule has 0 unspecified atom stereocenters. The van der Waals surface area contributed by atoms with Gasteiger partial charge in [0.05, 0.1) is 25.2 Å². The minimum absolute atomic E-state index is 0.126. The zero-order valence-electron chi connectivity index (χ0n) is 17.4. The standard InChI is InChI=1S/C20H37NO6/c1-5-7-9-12-17(22)25-14-10-8-11-15-27-19(24)21-13-16-26-18(23)20(3,4)6-2/h5-16H2,1-4H3,(H,21,24). The van der Waals surface area contributed by atoms with Crippen molar-refractivity contribution >= 4 is 18.0 Å². The van der Waals surface area contributed by atoms with Crippen molar-refractivity contribution in [3.05, 3.63) is 0 Å². The van der Waals surface area contributed by atoms with Crippen LogP contribution in [0, 0.1) is 5.41 Å². The van der Waals surface area contributed by atoms with E-state index in [0.717, 1.165) is 32.1 Å². The van der Waals surface area contributed by atoms with Gasteiger partial charge in [0.25, 0.3) is 0 Å². The molecule has 1 N–H and O–H groups in total. The van der Waals surface area contributed by atoms with E-state index in [9.17, 15) is 14.4 Å². The van der Waals surface area contributed by atoms with Crippen LogP contribution in [0.4, 0.5) is 4.79 Å². The summed E-state index contributed by atoms with van der Waals surface area (Å²) in [6.45, 7) is 8.73. The van der Waals surface area contributed by atoms with Crippen LogP contribution in [0.1, 0.15) is 79.1 Å². The van der Waals surface area contributed by atoms with Crippen LogP contribution in [0.3, 0.4) is 0 Å². The summed E-state index contributed by atoms with van der Waals surface area (Å²) in [5, 5.41) is 2.54. The molecular weight excluding hydrogens is 350 g/mol. The molecule has 0 fully saturated rings. The van der Waals surface area contributed by atoms with Crippen molar-refractivity contribution in [1.82, 2.24) is 5.32 Å². The van der Waals surface area contributed by atoms with E-state index in [1.807, 2.05) is 20.8 Å². The second-order valence-electron chi connectivity index (χ2n) is 7.17. The molecule has 7 heteroatoms. The summed E-state index contributed by atoms with van der Waals surface area (Å²) in [5.74, 6) is -0.409. The van der Waals surface area contributed by atoms with E-state index in [1.165, 1.54) is 0 Å². The SMILES string of the molecule is CCCCCC(=O)OCCCCCOC(=O)NCCOC(=O)C(C)(C)CC. The van der Waals surface area contributed by atoms with Gasteiger partial charge in [-0.15, -0.1) is 0 Å². The fraction of sp³-hybridized carbons (Fsp3) is 0.850. The first-order valence-corrected chi connectivity index (χ1v) is 10.1. The van der Waals surface area contributed by atoms with Crippen LogP contribution >= 0.6 is 0 Å². The molecule has 1 amide bonds. The Kier molecular flexibility index (Phi) is 14.3. The van der Waals surface area contributed by atoms with Gasteiger partial charge in [-0.3, -0.25) is 9.59 Å². The average molecular weight is 388 g/mol. The Hall–Kier alpha value is -1.79. The molecule has 0 aromatic heterocycles. The van der Waals surface area contributed by atoms with Gasteiger partial charge in [-0.1, -0.05) is 26.7 Å². The minimum atomic E-state index is -0.525. The number of ether oxygens (including phenoxy) is 3. The molecule has 0 heterocycles. The highest BCUT2D eigenvalue weighted by Gasteiger charge is 2.26. The fourth-order valence-corrected chi connectivity index (χ4v) is 2.01. The molecule has 0 aliphatic carbocycles. The Morgan fingerprint density at radius 3 is 2.11 bits per heavy atom. The number of hydrogen-bond acceptors (Lipinski definition) is 6. The quantitative estimate of drug-likeness (QED) is 0.260. The summed E-state index contributed by atoms with van der Waals surface area (Å²) in [6, 6.07) is 0. The van der Waals surface area contributed by atoms with Crippen LogP contribution in [0.5, 0.6) is 0 Å². The Balaban J connectivity index is 3.49. The molecule has 0 aliphatic heterocycles. The summed E-state index contributed by atoms with van der Waals surface area (Å²) in [5.41, 5.74) is -0.510. The molecule has 0 aliphatic rings. The number of hydrogen-bond donors (Lipinski definition) is 1. The maximum Gasteiger partial charge on any atom is 0.407 e. The highest BCUT2D eigenvalue weighted by molar-refractivity contribution is 5.75. The predicted molar refractivity (Wildman–Crippen MR) is 103 cm³/mol. The summed E-state index contributed by atoms with van der Waals surface area (Å²) in [7, 11) is 0. The van der Waals surface area contributed by atoms with Gasteiger partial charge < -0.3 is 19.5 Å². The first kappa shape index (κ1) is 25.2. The highest BCUT2D eigenvalue weighted by atomic mass is 16.6. The lowest BCUT2D eigenvalue weighted by atomic mass is 9.91. The first-order chi connectivity index (χ1) is 12.8. The number of rotatable bonds is 15. The van der Waals surface area contributed by atoms with Gasteiger partial charge in [0.1, 0.15) is 6.61 Å². The molecule has 158 valence electrons. The van der Waals surface area contributed by atoms with E-state index in [1.54, 1.807) is 0 Å². The molecule has 0 aromatic carbocycles. The van der Waals surface area contributed by atoms with Crippen LogP contribution in [-0.2, 0) is 23.8 Å². The zero-order valence-corrected chi connectivity index (χ0v) is 17.4. The highest BCUT2D eigenvalue weighted by Crippen LogP contribution is 2.21. The van der Waals surface area contributed by atoms with E-state index < -0.39 is 11.5 Å². The molecule has 0 atom stereocenters. The second-order valence-corrected chi connectivity index (χ2v) is 7.17. The molecule has 0 bridgehead atoms. The van der Waals surface area contributed by atoms with E-state index in [4.69, 9.17) is 14.2 Å². The second kappa shape index (κ2) is 15.3. The molecule has 0 spiro atoms. The maximum absolute atomic E-state index is 11.7. The third kappa shape index (κ3) is 14.0. The zero-order chi connectivity index (χ0) is 20.5. The number of amides is 1. The van der Waals surface area contributed by atoms with Crippen LogP contribution in [0.2, 0.25) is 0 Å². The Labute approximate surface area is 163 Å². The molecule has 0 aromatic rings. The summed E-state index contributed by atoms with van der Waals surface area (Å²) in [4.78, 5) is 34.7. The average Bonchev–Trinajstić information content (AvgIpc) is 2.64. The first-order valence-electron chi connectivity index (χ1n) is 10.1.